The molecular weight excluding hydrogens is 302 g/mol. The van der Waals surface area contributed by atoms with Crippen LogP contribution in [0.25, 0.3) is 5.69 Å². The summed E-state index contributed by atoms with van der Waals surface area (Å²) < 4.78 is 1.83. The van der Waals surface area contributed by atoms with Gasteiger partial charge in [-0.05, 0) is 54.8 Å². The largest absolute Gasteiger partial charge is 0.393 e. The average molecular weight is 327 g/mol. The Hall–Kier alpha value is -1.79. The third kappa shape index (κ3) is 3.08. The average Bonchev–Trinajstić information content (AvgIpc) is 3.26. The van der Waals surface area contributed by atoms with E-state index in [1.165, 1.54) is 19.3 Å². The second-order valence-corrected chi connectivity index (χ2v) is 7.04. The van der Waals surface area contributed by atoms with Gasteiger partial charge in [-0.3, -0.25) is 4.90 Å². The molecule has 0 bridgehead atoms. The molecule has 2 aliphatic rings. The number of tetrazole rings is 1. The van der Waals surface area contributed by atoms with Crippen LogP contribution in [0.2, 0.25) is 0 Å². The van der Waals surface area contributed by atoms with Crippen molar-refractivity contribution >= 4 is 0 Å². The van der Waals surface area contributed by atoms with Gasteiger partial charge in [-0.15, -0.1) is 5.10 Å². The molecule has 1 aromatic carbocycles. The van der Waals surface area contributed by atoms with Crippen LogP contribution in [-0.4, -0.2) is 48.9 Å². The van der Waals surface area contributed by atoms with E-state index >= 15 is 0 Å². The van der Waals surface area contributed by atoms with Crippen molar-refractivity contribution in [3.05, 3.63) is 36.2 Å². The molecule has 0 amide bonds. The minimum absolute atomic E-state index is 0.144. The van der Waals surface area contributed by atoms with Crippen LogP contribution in [-0.2, 0) is 6.54 Å². The zero-order chi connectivity index (χ0) is 16.4. The van der Waals surface area contributed by atoms with Crippen molar-refractivity contribution in [1.29, 1.82) is 0 Å². The molecule has 1 aromatic heterocycles. The monoisotopic (exact) mass is 327 g/mol. The maximum atomic E-state index is 10.4. The van der Waals surface area contributed by atoms with Gasteiger partial charge in [0.1, 0.15) is 0 Å². The topological polar surface area (TPSA) is 67.1 Å². The van der Waals surface area contributed by atoms with E-state index in [9.17, 15) is 5.11 Å². The SMILES string of the molecule is OC1CCCCC1C1CCCN1Cc1nnnn1-c1ccccc1. The van der Waals surface area contributed by atoms with E-state index in [2.05, 4.69) is 20.4 Å². The quantitative estimate of drug-likeness (QED) is 0.932. The number of aliphatic hydroxyl groups excluding tert-OH is 1. The van der Waals surface area contributed by atoms with E-state index in [1.54, 1.807) is 0 Å². The zero-order valence-corrected chi connectivity index (χ0v) is 14.0. The smallest absolute Gasteiger partial charge is 0.170 e. The standard InChI is InChI=1S/C18H25N5O/c24-17-11-5-4-9-15(17)16-10-6-12-22(16)13-18-19-20-21-23(18)14-7-2-1-3-8-14/h1-3,7-8,15-17,24H,4-6,9-13H2. The van der Waals surface area contributed by atoms with Crippen LogP contribution in [0.5, 0.6) is 0 Å². The van der Waals surface area contributed by atoms with Crippen molar-refractivity contribution in [2.24, 2.45) is 5.92 Å². The molecule has 1 aliphatic carbocycles. The molecule has 2 aromatic rings. The molecule has 3 unspecified atom stereocenters. The van der Waals surface area contributed by atoms with Gasteiger partial charge in [0.25, 0.3) is 0 Å². The Balaban J connectivity index is 1.52. The van der Waals surface area contributed by atoms with Crippen LogP contribution in [0.1, 0.15) is 44.3 Å². The number of benzene rings is 1. The van der Waals surface area contributed by atoms with E-state index in [0.29, 0.717) is 12.0 Å². The molecule has 1 aliphatic heterocycles. The number of aliphatic hydroxyl groups is 1. The van der Waals surface area contributed by atoms with E-state index in [1.807, 2.05) is 35.0 Å². The van der Waals surface area contributed by atoms with Gasteiger partial charge in [-0.2, -0.15) is 4.68 Å². The van der Waals surface area contributed by atoms with Gasteiger partial charge in [0.15, 0.2) is 5.82 Å². The Morgan fingerprint density at radius 1 is 1.04 bits per heavy atom. The highest BCUT2D eigenvalue weighted by Crippen LogP contribution is 2.35. The zero-order valence-electron chi connectivity index (χ0n) is 14.0. The summed E-state index contributed by atoms with van der Waals surface area (Å²) in [4.78, 5) is 2.48. The highest BCUT2D eigenvalue weighted by molar-refractivity contribution is 5.30. The van der Waals surface area contributed by atoms with Crippen LogP contribution in [0.15, 0.2) is 30.3 Å². The number of hydrogen-bond acceptors (Lipinski definition) is 5. The van der Waals surface area contributed by atoms with Crippen molar-refractivity contribution in [1.82, 2.24) is 25.1 Å². The molecule has 0 spiro atoms. The highest BCUT2D eigenvalue weighted by Gasteiger charge is 2.37. The summed E-state index contributed by atoms with van der Waals surface area (Å²) in [6, 6.07) is 10.5. The van der Waals surface area contributed by atoms with Crippen molar-refractivity contribution < 1.29 is 5.11 Å². The van der Waals surface area contributed by atoms with Gasteiger partial charge in [-0.1, -0.05) is 31.0 Å². The molecule has 1 saturated carbocycles. The molecule has 6 nitrogen and oxygen atoms in total. The van der Waals surface area contributed by atoms with Crippen LogP contribution in [0, 0.1) is 5.92 Å². The fourth-order valence-corrected chi connectivity index (χ4v) is 4.38. The second kappa shape index (κ2) is 6.99. The van der Waals surface area contributed by atoms with Gasteiger partial charge >= 0.3 is 0 Å². The first-order chi connectivity index (χ1) is 11.8. The molecule has 0 radical (unpaired) electrons. The maximum absolute atomic E-state index is 10.4. The summed E-state index contributed by atoms with van der Waals surface area (Å²) in [5.41, 5.74) is 0.992. The Kier molecular flexibility index (Phi) is 4.58. The molecule has 6 heteroatoms. The number of rotatable bonds is 4. The van der Waals surface area contributed by atoms with E-state index in [-0.39, 0.29) is 6.10 Å². The lowest BCUT2D eigenvalue weighted by Crippen LogP contribution is -2.42. The minimum atomic E-state index is -0.144. The van der Waals surface area contributed by atoms with Gasteiger partial charge in [0.2, 0.25) is 0 Å². The predicted molar refractivity (Wildman–Crippen MR) is 90.6 cm³/mol. The fraction of sp³-hybridized carbons (Fsp3) is 0.611. The fourth-order valence-electron chi connectivity index (χ4n) is 4.38. The number of para-hydroxylation sites is 1. The summed E-state index contributed by atoms with van der Waals surface area (Å²) in [6.45, 7) is 1.81. The van der Waals surface area contributed by atoms with E-state index in [0.717, 1.165) is 43.9 Å². The van der Waals surface area contributed by atoms with Crippen molar-refractivity contribution in [3.8, 4) is 5.69 Å². The van der Waals surface area contributed by atoms with Gasteiger partial charge < -0.3 is 5.11 Å². The molecule has 2 heterocycles. The number of nitrogens with zero attached hydrogens (tertiary/aromatic N) is 5. The summed E-state index contributed by atoms with van der Waals surface area (Å²) in [5.74, 6) is 1.28. The third-order valence-electron chi connectivity index (χ3n) is 5.57. The molecule has 24 heavy (non-hydrogen) atoms. The Morgan fingerprint density at radius 2 is 1.88 bits per heavy atom. The van der Waals surface area contributed by atoms with Crippen molar-refractivity contribution in [2.45, 2.75) is 57.2 Å². The van der Waals surface area contributed by atoms with Gasteiger partial charge in [-0.25, -0.2) is 0 Å². The molecule has 3 atom stereocenters. The predicted octanol–water partition coefficient (Wildman–Crippen LogP) is 2.18. The highest BCUT2D eigenvalue weighted by atomic mass is 16.3. The summed E-state index contributed by atoms with van der Waals surface area (Å²) in [5, 5.41) is 22.7. The molecule has 128 valence electrons. The first-order valence-electron chi connectivity index (χ1n) is 9.08. The minimum Gasteiger partial charge on any atom is -0.393 e. The third-order valence-corrected chi connectivity index (χ3v) is 5.57. The van der Waals surface area contributed by atoms with Gasteiger partial charge in [0, 0.05) is 12.0 Å². The lowest BCUT2D eigenvalue weighted by atomic mass is 9.80. The number of likely N-dealkylation sites (tertiary alicyclic amines) is 1. The molecule has 1 N–H and O–H groups in total. The normalized spacial score (nSPS) is 28.3. The summed E-state index contributed by atoms with van der Waals surface area (Å²) in [7, 11) is 0. The number of aromatic nitrogens is 4. The van der Waals surface area contributed by atoms with Crippen LogP contribution in [0.3, 0.4) is 0 Å². The summed E-state index contributed by atoms with van der Waals surface area (Å²) in [6.07, 6.45) is 6.73. The first-order valence-corrected chi connectivity index (χ1v) is 9.08. The second-order valence-electron chi connectivity index (χ2n) is 7.04. The molecule has 1 saturated heterocycles. The molecular formula is C18H25N5O. The lowest BCUT2D eigenvalue weighted by molar-refractivity contribution is 0.0194. The molecule has 2 fully saturated rings. The van der Waals surface area contributed by atoms with Crippen LogP contribution >= 0.6 is 0 Å². The lowest BCUT2D eigenvalue weighted by Gasteiger charge is -2.37. The Bertz CT molecular complexity index is 658. The molecule has 4 rings (SSSR count). The Morgan fingerprint density at radius 3 is 2.71 bits per heavy atom. The number of hydrogen-bond donors (Lipinski definition) is 1. The van der Waals surface area contributed by atoms with Crippen molar-refractivity contribution in [2.75, 3.05) is 6.54 Å². The Labute approximate surface area is 142 Å². The van der Waals surface area contributed by atoms with Crippen molar-refractivity contribution in [3.63, 3.8) is 0 Å². The summed E-state index contributed by atoms with van der Waals surface area (Å²) >= 11 is 0. The van der Waals surface area contributed by atoms with Crippen LogP contribution in [0.4, 0.5) is 0 Å². The first kappa shape index (κ1) is 15.7. The van der Waals surface area contributed by atoms with E-state index < -0.39 is 0 Å². The van der Waals surface area contributed by atoms with E-state index in [4.69, 9.17) is 0 Å². The maximum Gasteiger partial charge on any atom is 0.170 e. The van der Waals surface area contributed by atoms with Crippen LogP contribution < -0.4 is 0 Å². The van der Waals surface area contributed by atoms with Gasteiger partial charge in [0.05, 0.1) is 18.3 Å².